The third-order valence-electron chi connectivity index (χ3n) is 2.80. The van der Waals surface area contributed by atoms with Gasteiger partial charge in [0.2, 0.25) is 0 Å². The van der Waals surface area contributed by atoms with Crippen LogP contribution in [0.3, 0.4) is 0 Å². The standard InChI is InChI=1S/C11H17NO2/c1-6-7(2)10(13)11(14)8(3)9(6)4-5-12/h13-14H,4-5,12H2,1-3H3. The highest BCUT2D eigenvalue weighted by atomic mass is 16.3. The van der Waals surface area contributed by atoms with E-state index in [9.17, 15) is 10.2 Å². The van der Waals surface area contributed by atoms with Crippen molar-refractivity contribution < 1.29 is 10.2 Å². The third-order valence-corrected chi connectivity index (χ3v) is 2.80. The SMILES string of the molecule is Cc1c(C)c(CCN)c(C)c(O)c1O. The van der Waals surface area contributed by atoms with Gasteiger partial charge in [0.1, 0.15) is 0 Å². The van der Waals surface area contributed by atoms with E-state index in [4.69, 9.17) is 5.73 Å². The zero-order valence-corrected chi connectivity index (χ0v) is 8.89. The largest absolute Gasteiger partial charge is 0.504 e. The molecule has 78 valence electrons. The minimum atomic E-state index is -0.0171. The van der Waals surface area contributed by atoms with Crippen LogP contribution in [-0.4, -0.2) is 16.8 Å². The molecule has 0 unspecified atom stereocenters. The van der Waals surface area contributed by atoms with Crippen molar-refractivity contribution in [3.05, 3.63) is 22.3 Å². The van der Waals surface area contributed by atoms with E-state index in [0.29, 0.717) is 6.54 Å². The number of nitrogens with two attached hydrogens (primary N) is 1. The second-order valence-corrected chi connectivity index (χ2v) is 3.59. The quantitative estimate of drug-likeness (QED) is 0.627. The number of hydrogen-bond donors (Lipinski definition) is 3. The monoisotopic (exact) mass is 195 g/mol. The van der Waals surface area contributed by atoms with Crippen molar-refractivity contribution >= 4 is 0 Å². The molecule has 1 aromatic carbocycles. The molecule has 4 N–H and O–H groups in total. The van der Waals surface area contributed by atoms with Gasteiger partial charge < -0.3 is 15.9 Å². The summed E-state index contributed by atoms with van der Waals surface area (Å²) in [5.41, 5.74) is 9.02. The van der Waals surface area contributed by atoms with Gasteiger partial charge in [-0.1, -0.05) is 0 Å². The molecule has 1 rings (SSSR count). The summed E-state index contributed by atoms with van der Waals surface area (Å²) in [7, 11) is 0. The van der Waals surface area contributed by atoms with Gasteiger partial charge in [-0.3, -0.25) is 0 Å². The lowest BCUT2D eigenvalue weighted by Gasteiger charge is -2.15. The van der Waals surface area contributed by atoms with Crippen LogP contribution in [0.5, 0.6) is 11.5 Å². The smallest absolute Gasteiger partial charge is 0.160 e. The number of aromatic hydroxyl groups is 2. The molecule has 0 spiro atoms. The molecule has 1 aromatic rings. The minimum absolute atomic E-state index is 0.0132. The van der Waals surface area contributed by atoms with Crippen molar-refractivity contribution in [1.82, 2.24) is 0 Å². The van der Waals surface area contributed by atoms with Crippen molar-refractivity contribution in [3.63, 3.8) is 0 Å². The first-order chi connectivity index (χ1) is 6.50. The van der Waals surface area contributed by atoms with Gasteiger partial charge in [0.05, 0.1) is 0 Å². The van der Waals surface area contributed by atoms with Crippen LogP contribution >= 0.6 is 0 Å². The second-order valence-electron chi connectivity index (χ2n) is 3.59. The summed E-state index contributed by atoms with van der Waals surface area (Å²) in [4.78, 5) is 0. The molecule has 0 saturated heterocycles. The van der Waals surface area contributed by atoms with Crippen LogP contribution in [0.25, 0.3) is 0 Å². The topological polar surface area (TPSA) is 66.5 Å². The summed E-state index contributed by atoms with van der Waals surface area (Å²) in [5.74, 6) is -0.0303. The first-order valence-electron chi connectivity index (χ1n) is 4.71. The van der Waals surface area contributed by atoms with Crippen LogP contribution in [0.4, 0.5) is 0 Å². The summed E-state index contributed by atoms with van der Waals surface area (Å²) >= 11 is 0. The highest BCUT2D eigenvalue weighted by Crippen LogP contribution is 2.37. The molecule has 0 radical (unpaired) electrons. The zero-order valence-electron chi connectivity index (χ0n) is 8.89. The molecule has 0 aliphatic carbocycles. The molecule has 0 amide bonds. The van der Waals surface area contributed by atoms with E-state index in [0.717, 1.165) is 28.7 Å². The van der Waals surface area contributed by atoms with Crippen molar-refractivity contribution in [2.75, 3.05) is 6.54 Å². The number of phenols is 2. The molecule has 0 aliphatic rings. The highest BCUT2D eigenvalue weighted by Gasteiger charge is 2.15. The van der Waals surface area contributed by atoms with Crippen molar-refractivity contribution in [2.24, 2.45) is 5.73 Å². The van der Waals surface area contributed by atoms with E-state index in [2.05, 4.69) is 0 Å². The summed E-state index contributed by atoms with van der Waals surface area (Å²) < 4.78 is 0. The maximum absolute atomic E-state index is 9.63. The third kappa shape index (κ3) is 1.55. The van der Waals surface area contributed by atoms with Gasteiger partial charge >= 0.3 is 0 Å². The first kappa shape index (κ1) is 10.9. The van der Waals surface area contributed by atoms with Gasteiger partial charge in [-0.25, -0.2) is 0 Å². The highest BCUT2D eigenvalue weighted by molar-refractivity contribution is 5.57. The fraction of sp³-hybridized carbons (Fsp3) is 0.455. The Bertz CT molecular complexity index is 330. The Morgan fingerprint density at radius 2 is 1.43 bits per heavy atom. The summed E-state index contributed by atoms with van der Waals surface area (Å²) in [5, 5.41) is 19.2. The van der Waals surface area contributed by atoms with Crippen LogP contribution in [0.2, 0.25) is 0 Å². The van der Waals surface area contributed by atoms with Crippen molar-refractivity contribution in [2.45, 2.75) is 27.2 Å². The predicted molar refractivity (Wildman–Crippen MR) is 56.7 cm³/mol. The number of phenolic OH excluding ortho intramolecular Hbond substituents is 2. The molecular weight excluding hydrogens is 178 g/mol. The predicted octanol–water partition coefficient (Wildman–Crippen LogP) is 1.52. The Labute approximate surface area is 84.2 Å². The minimum Gasteiger partial charge on any atom is -0.504 e. The van der Waals surface area contributed by atoms with Gasteiger partial charge in [0, 0.05) is 0 Å². The van der Waals surface area contributed by atoms with Crippen LogP contribution in [-0.2, 0) is 6.42 Å². The van der Waals surface area contributed by atoms with Crippen molar-refractivity contribution in [3.8, 4) is 11.5 Å². The summed E-state index contributed by atoms with van der Waals surface area (Å²) in [6.45, 7) is 6.08. The van der Waals surface area contributed by atoms with E-state index < -0.39 is 0 Å². The zero-order chi connectivity index (χ0) is 10.9. The molecule has 0 atom stereocenters. The lowest BCUT2D eigenvalue weighted by molar-refractivity contribution is 0.397. The van der Waals surface area contributed by atoms with Gasteiger partial charge in [-0.05, 0) is 56.0 Å². The Balaban J connectivity index is 3.43. The van der Waals surface area contributed by atoms with E-state index in [1.807, 2.05) is 6.92 Å². The molecule has 0 aliphatic heterocycles. The average molecular weight is 195 g/mol. The number of benzene rings is 1. The molecule has 3 heteroatoms. The van der Waals surface area contributed by atoms with Crippen LogP contribution in [0.1, 0.15) is 22.3 Å². The Morgan fingerprint density at radius 3 is 1.93 bits per heavy atom. The Hall–Kier alpha value is -1.22. The lowest BCUT2D eigenvalue weighted by atomic mass is 9.94. The average Bonchev–Trinajstić information content (AvgIpc) is 2.19. The van der Waals surface area contributed by atoms with E-state index in [1.54, 1.807) is 13.8 Å². The maximum Gasteiger partial charge on any atom is 0.160 e. The molecule has 3 nitrogen and oxygen atoms in total. The number of rotatable bonds is 2. The summed E-state index contributed by atoms with van der Waals surface area (Å²) in [6.07, 6.45) is 0.729. The maximum atomic E-state index is 9.63. The van der Waals surface area contributed by atoms with Crippen molar-refractivity contribution in [1.29, 1.82) is 0 Å². The fourth-order valence-corrected chi connectivity index (χ4v) is 1.70. The van der Waals surface area contributed by atoms with E-state index >= 15 is 0 Å². The van der Waals surface area contributed by atoms with E-state index in [1.165, 1.54) is 0 Å². The van der Waals surface area contributed by atoms with Gasteiger partial charge in [-0.15, -0.1) is 0 Å². The van der Waals surface area contributed by atoms with Gasteiger partial charge in [-0.2, -0.15) is 0 Å². The number of hydrogen-bond acceptors (Lipinski definition) is 3. The molecule has 0 heterocycles. The van der Waals surface area contributed by atoms with Crippen LogP contribution in [0.15, 0.2) is 0 Å². The molecule has 14 heavy (non-hydrogen) atoms. The lowest BCUT2D eigenvalue weighted by Crippen LogP contribution is -2.07. The normalized spacial score (nSPS) is 10.6. The first-order valence-corrected chi connectivity index (χ1v) is 4.71. The Morgan fingerprint density at radius 1 is 0.929 bits per heavy atom. The fourth-order valence-electron chi connectivity index (χ4n) is 1.70. The second kappa shape index (κ2) is 3.88. The molecular formula is C11H17NO2. The molecule has 0 bridgehead atoms. The molecule has 0 fully saturated rings. The summed E-state index contributed by atoms with van der Waals surface area (Å²) in [6, 6.07) is 0. The van der Waals surface area contributed by atoms with Crippen LogP contribution < -0.4 is 5.73 Å². The Kier molecular flexibility index (Phi) is 3.01. The van der Waals surface area contributed by atoms with E-state index in [-0.39, 0.29) is 11.5 Å². The molecule has 0 aromatic heterocycles. The van der Waals surface area contributed by atoms with Gasteiger partial charge in [0.25, 0.3) is 0 Å². The van der Waals surface area contributed by atoms with Crippen LogP contribution in [0, 0.1) is 20.8 Å². The van der Waals surface area contributed by atoms with Gasteiger partial charge in [0.15, 0.2) is 11.5 Å². The molecule has 0 saturated carbocycles.